The van der Waals surface area contributed by atoms with E-state index < -0.39 is 10.8 Å². The van der Waals surface area contributed by atoms with E-state index in [1.165, 1.54) is 0 Å². The summed E-state index contributed by atoms with van der Waals surface area (Å²) in [6.07, 6.45) is 3.70. The fraction of sp³-hybridized carbons (Fsp3) is 0.727. The maximum atomic E-state index is 11.7. The summed E-state index contributed by atoms with van der Waals surface area (Å²) in [6.45, 7) is 7.49. The summed E-state index contributed by atoms with van der Waals surface area (Å²) >= 11 is 0. The molecule has 0 saturated carbocycles. The van der Waals surface area contributed by atoms with Gasteiger partial charge in [-0.3, -0.25) is 4.21 Å². The largest absolute Gasteiger partial charge is 0.337 e. The van der Waals surface area contributed by atoms with E-state index in [4.69, 9.17) is 0 Å². The van der Waals surface area contributed by atoms with E-state index >= 15 is 0 Å². The highest BCUT2D eigenvalue weighted by atomic mass is 32.2. The van der Waals surface area contributed by atoms with Crippen LogP contribution in [0.2, 0.25) is 0 Å². The highest BCUT2D eigenvalue weighted by Crippen LogP contribution is 2.10. The molecule has 0 aliphatic heterocycles. The topological polar surface area (TPSA) is 46.9 Å². The molecule has 0 aliphatic carbocycles. The summed E-state index contributed by atoms with van der Waals surface area (Å²) in [4.78, 5) is 4.21. The molecular weight excluding hydrogens is 222 g/mol. The average molecular weight is 243 g/mol. The van der Waals surface area contributed by atoms with Crippen molar-refractivity contribution in [3.05, 3.63) is 18.2 Å². The van der Waals surface area contributed by atoms with Gasteiger partial charge in [0.15, 0.2) is 0 Å². The van der Waals surface area contributed by atoms with Gasteiger partial charge >= 0.3 is 0 Å². The molecule has 1 aromatic rings. The first-order valence-corrected chi connectivity index (χ1v) is 6.78. The summed E-state index contributed by atoms with van der Waals surface area (Å²) in [7, 11) is 1.19. The lowest BCUT2D eigenvalue weighted by Crippen LogP contribution is -2.29. The van der Waals surface area contributed by atoms with E-state index in [1.807, 2.05) is 38.6 Å². The molecule has 0 aliphatic rings. The van der Waals surface area contributed by atoms with Gasteiger partial charge in [-0.2, -0.15) is 0 Å². The highest BCUT2D eigenvalue weighted by molar-refractivity contribution is 7.86. The summed E-state index contributed by atoms with van der Waals surface area (Å²) in [5.74, 6) is 1.69. The average Bonchev–Trinajstić information content (AvgIpc) is 2.57. The van der Waals surface area contributed by atoms with Crippen LogP contribution < -0.4 is 5.32 Å². The van der Waals surface area contributed by atoms with E-state index in [2.05, 4.69) is 10.3 Å². The second-order valence-electron chi connectivity index (χ2n) is 4.79. The number of imidazole rings is 1. The first kappa shape index (κ1) is 13.4. The van der Waals surface area contributed by atoms with Crippen LogP contribution in [-0.2, 0) is 24.4 Å². The third-order valence-corrected chi connectivity index (χ3v) is 4.29. The molecule has 0 radical (unpaired) electrons. The van der Waals surface area contributed by atoms with Gasteiger partial charge in [-0.15, -0.1) is 0 Å². The molecule has 92 valence electrons. The van der Waals surface area contributed by atoms with Crippen molar-refractivity contribution in [1.29, 1.82) is 0 Å². The van der Waals surface area contributed by atoms with Crippen LogP contribution in [0, 0.1) is 0 Å². The van der Waals surface area contributed by atoms with Gasteiger partial charge in [0.05, 0.1) is 6.54 Å². The van der Waals surface area contributed by atoms with E-state index in [0.717, 1.165) is 18.9 Å². The van der Waals surface area contributed by atoms with Crippen molar-refractivity contribution in [2.75, 3.05) is 12.3 Å². The van der Waals surface area contributed by atoms with Crippen LogP contribution in [0.25, 0.3) is 0 Å². The van der Waals surface area contributed by atoms with Crippen LogP contribution in [0.5, 0.6) is 0 Å². The molecule has 1 aromatic heterocycles. The van der Waals surface area contributed by atoms with E-state index in [-0.39, 0.29) is 4.75 Å². The molecule has 5 heteroatoms. The molecule has 1 unspecified atom stereocenters. The molecule has 0 spiro atoms. The Kier molecular flexibility index (Phi) is 4.68. The monoisotopic (exact) mass is 243 g/mol. The van der Waals surface area contributed by atoms with Gasteiger partial charge in [-0.05, 0) is 20.8 Å². The maximum Gasteiger partial charge on any atom is 0.122 e. The molecular formula is C11H21N3OS. The van der Waals surface area contributed by atoms with Crippen molar-refractivity contribution in [3.8, 4) is 0 Å². The van der Waals surface area contributed by atoms with Gasteiger partial charge in [-0.1, -0.05) is 0 Å². The third kappa shape index (κ3) is 4.06. The smallest absolute Gasteiger partial charge is 0.122 e. The molecule has 0 bridgehead atoms. The number of aryl methyl sites for hydroxylation is 1. The number of hydrogen-bond acceptors (Lipinski definition) is 3. The van der Waals surface area contributed by atoms with Crippen molar-refractivity contribution >= 4 is 10.8 Å². The zero-order chi connectivity index (χ0) is 12.2. The van der Waals surface area contributed by atoms with Gasteiger partial charge in [0.1, 0.15) is 5.82 Å². The highest BCUT2D eigenvalue weighted by Gasteiger charge is 2.18. The molecule has 1 atom stereocenters. The van der Waals surface area contributed by atoms with Gasteiger partial charge in [0.25, 0.3) is 0 Å². The molecule has 1 heterocycles. The van der Waals surface area contributed by atoms with Crippen molar-refractivity contribution in [2.24, 2.45) is 7.05 Å². The van der Waals surface area contributed by atoms with E-state index in [1.54, 1.807) is 6.20 Å². The molecule has 0 fully saturated rings. The van der Waals surface area contributed by atoms with Crippen LogP contribution in [0.4, 0.5) is 0 Å². The Morgan fingerprint density at radius 1 is 1.50 bits per heavy atom. The first-order valence-electron chi connectivity index (χ1n) is 5.46. The van der Waals surface area contributed by atoms with Gasteiger partial charge < -0.3 is 9.88 Å². The summed E-state index contributed by atoms with van der Waals surface area (Å²) in [5, 5.41) is 3.26. The Morgan fingerprint density at radius 3 is 2.69 bits per heavy atom. The molecule has 1 N–H and O–H groups in total. The van der Waals surface area contributed by atoms with Gasteiger partial charge in [-0.25, -0.2) is 4.98 Å². The Balaban J connectivity index is 2.23. The SMILES string of the molecule is Cn1ccnc1CNCCS(=O)C(C)(C)C. The second kappa shape index (κ2) is 5.59. The second-order valence-corrected chi connectivity index (χ2v) is 7.12. The minimum absolute atomic E-state index is 0.120. The third-order valence-electron chi connectivity index (χ3n) is 2.35. The lowest BCUT2D eigenvalue weighted by molar-refractivity contribution is 0.631. The number of aromatic nitrogens is 2. The minimum Gasteiger partial charge on any atom is -0.337 e. The lowest BCUT2D eigenvalue weighted by atomic mass is 10.3. The predicted molar refractivity (Wildman–Crippen MR) is 67.7 cm³/mol. The predicted octanol–water partition coefficient (Wildman–Crippen LogP) is 1.06. The summed E-state index contributed by atoms with van der Waals surface area (Å²) in [6, 6.07) is 0. The first-order chi connectivity index (χ1) is 7.41. The summed E-state index contributed by atoms with van der Waals surface area (Å²) in [5.41, 5.74) is 0. The Hall–Kier alpha value is -0.680. The molecule has 1 rings (SSSR count). The normalized spacial score (nSPS) is 14.0. The Morgan fingerprint density at radius 2 is 2.19 bits per heavy atom. The van der Waals surface area contributed by atoms with Gasteiger partial charge in [0.2, 0.25) is 0 Å². The molecule has 16 heavy (non-hydrogen) atoms. The maximum absolute atomic E-state index is 11.7. The standard InChI is InChI=1S/C11H21N3OS/c1-11(2,3)16(15)8-6-12-9-10-13-5-7-14(10)4/h5,7,12H,6,8-9H2,1-4H3. The van der Waals surface area contributed by atoms with Gasteiger partial charge in [0, 0.05) is 47.3 Å². The van der Waals surface area contributed by atoms with Crippen molar-refractivity contribution in [1.82, 2.24) is 14.9 Å². The van der Waals surface area contributed by atoms with Crippen molar-refractivity contribution in [2.45, 2.75) is 32.1 Å². The minimum atomic E-state index is -0.781. The quantitative estimate of drug-likeness (QED) is 0.787. The zero-order valence-corrected chi connectivity index (χ0v) is 11.3. The van der Waals surface area contributed by atoms with Crippen molar-refractivity contribution in [3.63, 3.8) is 0 Å². The number of rotatable bonds is 5. The van der Waals surface area contributed by atoms with Crippen LogP contribution in [0.3, 0.4) is 0 Å². The zero-order valence-electron chi connectivity index (χ0n) is 10.5. The van der Waals surface area contributed by atoms with Crippen LogP contribution >= 0.6 is 0 Å². The number of nitrogens with zero attached hydrogens (tertiary/aromatic N) is 2. The number of nitrogens with one attached hydrogen (secondary N) is 1. The van der Waals surface area contributed by atoms with Crippen LogP contribution in [-0.4, -0.2) is 30.8 Å². The van der Waals surface area contributed by atoms with E-state index in [0.29, 0.717) is 5.75 Å². The summed E-state index contributed by atoms with van der Waals surface area (Å²) < 4.78 is 13.6. The Labute approximate surface area is 99.9 Å². The fourth-order valence-corrected chi connectivity index (χ4v) is 2.18. The molecule has 0 saturated heterocycles. The van der Waals surface area contributed by atoms with Crippen LogP contribution in [0.15, 0.2) is 12.4 Å². The molecule has 0 amide bonds. The Bertz CT molecular complexity index is 354. The lowest BCUT2D eigenvalue weighted by Gasteiger charge is -2.17. The van der Waals surface area contributed by atoms with Crippen molar-refractivity contribution < 1.29 is 4.21 Å². The van der Waals surface area contributed by atoms with Crippen LogP contribution in [0.1, 0.15) is 26.6 Å². The number of hydrogen-bond donors (Lipinski definition) is 1. The molecule has 4 nitrogen and oxygen atoms in total. The van der Waals surface area contributed by atoms with E-state index in [9.17, 15) is 4.21 Å². The molecule has 0 aromatic carbocycles. The fourth-order valence-electron chi connectivity index (χ4n) is 1.24.